The zero-order valence-corrected chi connectivity index (χ0v) is 13.3. The monoisotopic (exact) mass is 268 g/mol. The van der Waals surface area contributed by atoms with Gasteiger partial charge in [-0.15, -0.1) is 0 Å². The molecule has 19 heavy (non-hydrogen) atoms. The number of nitrogens with one attached hydrogen (secondary N) is 1. The molecule has 2 aliphatic rings. The van der Waals surface area contributed by atoms with Gasteiger partial charge in [0.25, 0.3) is 0 Å². The molecular formula is C16H32N2O. The minimum absolute atomic E-state index is 0.347. The lowest BCUT2D eigenvalue weighted by molar-refractivity contribution is 0.0118. The van der Waals surface area contributed by atoms with Gasteiger partial charge in [0.2, 0.25) is 0 Å². The highest BCUT2D eigenvalue weighted by Gasteiger charge is 2.45. The van der Waals surface area contributed by atoms with Crippen molar-refractivity contribution >= 4 is 0 Å². The Hall–Kier alpha value is -0.120. The summed E-state index contributed by atoms with van der Waals surface area (Å²) in [6.07, 6.45) is 6.73. The van der Waals surface area contributed by atoms with Gasteiger partial charge in [-0.3, -0.25) is 4.90 Å². The maximum Gasteiger partial charge on any atom is 0.0474 e. The molecule has 112 valence electrons. The third kappa shape index (κ3) is 3.50. The molecule has 0 amide bonds. The molecule has 3 nitrogen and oxygen atoms in total. The molecule has 0 bridgehead atoms. The SMILES string of the molecule is COCCCN1CC(C(C)(C)C)NCC12CCCC2. The van der Waals surface area contributed by atoms with Crippen LogP contribution in [0, 0.1) is 5.41 Å². The number of ether oxygens (including phenoxy) is 1. The Balaban J connectivity index is 2.01. The first-order valence-corrected chi connectivity index (χ1v) is 7.95. The van der Waals surface area contributed by atoms with Crippen molar-refractivity contribution in [2.75, 3.05) is 33.4 Å². The molecule has 1 aliphatic heterocycles. The van der Waals surface area contributed by atoms with E-state index in [-0.39, 0.29) is 0 Å². The Morgan fingerprint density at radius 2 is 1.95 bits per heavy atom. The van der Waals surface area contributed by atoms with Crippen molar-refractivity contribution in [2.24, 2.45) is 5.41 Å². The smallest absolute Gasteiger partial charge is 0.0474 e. The number of nitrogens with zero attached hydrogens (tertiary/aromatic N) is 1. The van der Waals surface area contributed by atoms with Gasteiger partial charge in [-0.05, 0) is 24.7 Å². The topological polar surface area (TPSA) is 24.5 Å². The molecule has 1 spiro atoms. The molecule has 1 aliphatic carbocycles. The Bertz CT molecular complexity index is 279. The van der Waals surface area contributed by atoms with E-state index in [1.807, 2.05) is 0 Å². The van der Waals surface area contributed by atoms with Crippen LogP contribution >= 0.6 is 0 Å². The number of hydrogen-bond acceptors (Lipinski definition) is 3. The second-order valence-corrected chi connectivity index (χ2v) is 7.52. The van der Waals surface area contributed by atoms with Gasteiger partial charge in [-0.2, -0.15) is 0 Å². The Labute approximate surface area is 119 Å². The average molecular weight is 268 g/mol. The zero-order chi connectivity index (χ0) is 13.9. The van der Waals surface area contributed by atoms with Gasteiger partial charge in [0.1, 0.15) is 0 Å². The molecule has 1 heterocycles. The molecule has 0 aromatic carbocycles. The summed E-state index contributed by atoms with van der Waals surface area (Å²) in [6.45, 7) is 11.5. The van der Waals surface area contributed by atoms with Gasteiger partial charge < -0.3 is 10.1 Å². The summed E-state index contributed by atoms with van der Waals surface area (Å²) in [5, 5.41) is 3.84. The van der Waals surface area contributed by atoms with E-state index < -0.39 is 0 Å². The van der Waals surface area contributed by atoms with Crippen LogP contribution in [0.1, 0.15) is 52.9 Å². The van der Waals surface area contributed by atoms with Gasteiger partial charge >= 0.3 is 0 Å². The molecule has 0 aromatic rings. The third-order valence-electron chi connectivity index (χ3n) is 5.11. The van der Waals surface area contributed by atoms with E-state index in [0.29, 0.717) is 17.0 Å². The Kier molecular flexibility index (Phi) is 4.91. The predicted molar refractivity (Wildman–Crippen MR) is 80.5 cm³/mol. The normalized spacial score (nSPS) is 28.1. The highest BCUT2D eigenvalue weighted by atomic mass is 16.5. The lowest BCUT2D eigenvalue weighted by Gasteiger charge is -2.51. The van der Waals surface area contributed by atoms with Crippen LogP contribution in [0.4, 0.5) is 0 Å². The van der Waals surface area contributed by atoms with Crippen molar-refractivity contribution in [1.29, 1.82) is 0 Å². The van der Waals surface area contributed by atoms with E-state index in [1.165, 1.54) is 45.3 Å². The van der Waals surface area contributed by atoms with Crippen LogP contribution in [-0.2, 0) is 4.74 Å². The molecule has 1 unspecified atom stereocenters. The fraction of sp³-hybridized carbons (Fsp3) is 1.00. The van der Waals surface area contributed by atoms with E-state index in [1.54, 1.807) is 7.11 Å². The lowest BCUT2D eigenvalue weighted by Crippen LogP contribution is -2.66. The molecule has 2 fully saturated rings. The summed E-state index contributed by atoms with van der Waals surface area (Å²) < 4.78 is 5.24. The van der Waals surface area contributed by atoms with Gasteiger partial charge in [-0.1, -0.05) is 33.6 Å². The molecule has 1 N–H and O–H groups in total. The second-order valence-electron chi connectivity index (χ2n) is 7.52. The van der Waals surface area contributed by atoms with Crippen molar-refractivity contribution < 1.29 is 4.74 Å². The van der Waals surface area contributed by atoms with E-state index in [9.17, 15) is 0 Å². The summed E-state index contributed by atoms with van der Waals surface area (Å²) in [6, 6.07) is 0.612. The maximum absolute atomic E-state index is 5.24. The fourth-order valence-electron chi connectivity index (χ4n) is 3.74. The molecule has 1 atom stereocenters. The summed E-state index contributed by atoms with van der Waals surface area (Å²) in [7, 11) is 1.81. The number of methoxy groups -OCH3 is 1. The number of piperazine rings is 1. The minimum Gasteiger partial charge on any atom is -0.385 e. The van der Waals surface area contributed by atoms with Gasteiger partial charge in [0.05, 0.1) is 0 Å². The second kappa shape index (κ2) is 6.11. The molecule has 3 heteroatoms. The molecule has 1 saturated heterocycles. The van der Waals surface area contributed by atoms with Crippen molar-refractivity contribution in [3.63, 3.8) is 0 Å². The lowest BCUT2D eigenvalue weighted by atomic mass is 9.81. The highest BCUT2D eigenvalue weighted by Crippen LogP contribution is 2.38. The summed E-state index contributed by atoms with van der Waals surface area (Å²) in [5.41, 5.74) is 0.801. The Morgan fingerprint density at radius 1 is 1.26 bits per heavy atom. The van der Waals surface area contributed by atoms with Crippen LogP contribution in [0.2, 0.25) is 0 Å². The fourth-order valence-corrected chi connectivity index (χ4v) is 3.74. The standard InChI is InChI=1S/C16H32N2O/c1-15(2,3)14-12-18(10-7-11-19-4)16(13-17-14)8-5-6-9-16/h14,17H,5-13H2,1-4H3. The van der Waals surface area contributed by atoms with Gasteiger partial charge in [-0.25, -0.2) is 0 Å². The zero-order valence-electron chi connectivity index (χ0n) is 13.3. The molecule has 0 aromatic heterocycles. The quantitative estimate of drug-likeness (QED) is 0.793. The van der Waals surface area contributed by atoms with Crippen LogP contribution in [0.3, 0.4) is 0 Å². The highest BCUT2D eigenvalue weighted by molar-refractivity contribution is 5.03. The van der Waals surface area contributed by atoms with E-state index >= 15 is 0 Å². The van der Waals surface area contributed by atoms with Crippen LogP contribution in [0.5, 0.6) is 0 Å². The molecule has 0 radical (unpaired) electrons. The van der Waals surface area contributed by atoms with Gasteiger partial charge in [0, 0.05) is 44.9 Å². The first kappa shape index (κ1) is 15.3. The minimum atomic E-state index is 0.347. The van der Waals surface area contributed by atoms with Crippen LogP contribution in [0.25, 0.3) is 0 Å². The van der Waals surface area contributed by atoms with E-state index in [4.69, 9.17) is 4.74 Å². The van der Waals surface area contributed by atoms with Crippen LogP contribution < -0.4 is 5.32 Å². The van der Waals surface area contributed by atoms with Crippen molar-refractivity contribution in [3.05, 3.63) is 0 Å². The molecular weight excluding hydrogens is 236 g/mol. The van der Waals surface area contributed by atoms with Gasteiger partial charge in [0.15, 0.2) is 0 Å². The molecule has 2 rings (SSSR count). The summed E-state index contributed by atoms with van der Waals surface area (Å²) in [4.78, 5) is 2.78. The van der Waals surface area contributed by atoms with Crippen LogP contribution in [-0.4, -0.2) is 49.8 Å². The third-order valence-corrected chi connectivity index (χ3v) is 5.11. The number of rotatable bonds is 4. The predicted octanol–water partition coefficient (Wildman–Crippen LogP) is 2.66. The van der Waals surface area contributed by atoms with Crippen molar-refractivity contribution in [2.45, 2.75) is 64.5 Å². The van der Waals surface area contributed by atoms with Crippen molar-refractivity contribution in [3.8, 4) is 0 Å². The largest absolute Gasteiger partial charge is 0.385 e. The Morgan fingerprint density at radius 3 is 2.53 bits per heavy atom. The summed E-state index contributed by atoms with van der Waals surface area (Å²) >= 11 is 0. The van der Waals surface area contributed by atoms with Crippen molar-refractivity contribution in [1.82, 2.24) is 10.2 Å². The van der Waals surface area contributed by atoms with Crippen LogP contribution in [0.15, 0.2) is 0 Å². The number of hydrogen-bond donors (Lipinski definition) is 1. The molecule has 1 saturated carbocycles. The first-order chi connectivity index (χ1) is 8.98. The maximum atomic E-state index is 5.24. The van der Waals surface area contributed by atoms with E-state index in [0.717, 1.165) is 13.0 Å². The first-order valence-electron chi connectivity index (χ1n) is 7.95. The average Bonchev–Trinajstić information content (AvgIpc) is 2.80. The summed E-state index contributed by atoms with van der Waals surface area (Å²) in [5.74, 6) is 0. The van der Waals surface area contributed by atoms with E-state index in [2.05, 4.69) is 31.0 Å².